The fourth-order valence-electron chi connectivity index (χ4n) is 3.38. The summed E-state index contributed by atoms with van der Waals surface area (Å²) in [5.41, 5.74) is 2.75. The fraction of sp³-hybridized carbons (Fsp3) is 0.381. The third-order valence-corrected chi connectivity index (χ3v) is 5.03. The van der Waals surface area contributed by atoms with Crippen LogP contribution in [-0.4, -0.2) is 54.7 Å². The van der Waals surface area contributed by atoms with Gasteiger partial charge in [-0.1, -0.05) is 30.3 Å². The van der Waals surface area contributed by atoms with Crippen LogP contribution in [0.15, 0.2) is 54.6 Å². The number of aromatic carboxylic acids is 1. The SMILES string of the molecule is CC(CNCc1ccc(C(=O)O)cc1)N1CCN(c2ccccc2)CC1. The Labute approximate surface area is 155 Å². The van der Waals surface area contributed by atoms with Crippen LogP contribution in [0.2, 0.25) is 0 Å². The van der Waals surface area contributed by atoms with Crippen molar-refractivity contribution in [3.8, 4) is 0 Å². The number of para-hydroxylation sites is 1. The highest BCUT2D eigenvalue weighted by atomic mass is 16.4. The molecule has 2 aromatic rings. The number of benzene rings is 2. The molecule has 1 heterocycles. The van der Waals surface area contributed by atoms with Crippen molar-refractivity contribution >= 4 is 11.7 Å². The average molecular weight is 353 g/mol. The first-order chi connectivity index (χ1) is 12.6. The van der Waals surface area contributed by atoms with Crippen molar-refractivity contribution in [3.63, 3.8) is 0 Å². The van der Waals surface area contributed by atoms with E-state index >= 15 is 0 Å². The van der Waals surface area contributed by atoms with Gasteiger partial charge in [-0.15, -0.1) is 0 Å². The van der Waals surface area contributed by atoms with Gasteiger partial charge in [0.1, 0.15) is 0 Å². The molecule has 26 heavy (non-hydrogen) atoms. The van der Waals surface area contributed by atoms with E-state index in [2.05, 4.69) is 52.4 Å². The maximum absolute atomic E-state index is 10.9. The van der Waals surface area contributed by atoms with E-state index in [1.807, 2.05) is 12.1 Å². The topological polar surface area (TPSA) is 55.8 Å². The molecule has 1 aliphatic heterocycles. The Kier molecular flexibility index (Phi) is 6.26. The molecule has 5 nitrogen and oxygen atoms in total. The van der Waals surface area contributed by atoms with E-state index in [1.54, 1.807) is 12.1 Å². The highest BCUT2D eigenvalue weighted by Crippen LogP contribution is 2.16. The molecule has 0 saturated carbocycles. The van der Waals surface area contributed by atoms with Crippen molar-refractivity contribution in [3.05, 3.63) is 65.7 Å². The lowest BCUT2D eigenvalue weighted by Crippen LogP contribution is -2.51. The van der Waals surface area contributed by atoms with Gasteiger partial charge in [0.15, 0.2) is 0 Å². The van der Waals surface area contributed by atoms with Gasteiger partial charge in [0.25, 0.3) is 0 Å². The minimum Gasteiger partial charge on any atom is -0.478 e. The normalized spacial score (nSPS) is 16.4. The van der Waals surface area contributed by atoms with Gasteiger partial charge >= 0.3 is 5.97 Å². The summed E-state index contributed by atoms with van der Waals surface area (Å²) in [6.45, 7) is 8.21. The number of rotatable bonds is 7. The smallest absolute Gasteiger partial charge is 0.335 e. The predicted octanol–water partition coefficient (Wildman–Crippen LogP) is 2.69. The Morgan fingerprint density at radius 1 is 1.04 bits per heavy atom. The summed E-state index contributed by atoms with van der Waals surface area (Å²) in [7, 11) is 0. The van der Waals surface area contributed by atoms with E-state index in [0.717, 1.165) is 44.8 Å². The Hall–Kier alpha value is -2.37. The molecule has 0 aliphatic carbocycles. The largest absolute Gasteiger partial charge is 0.478 e. The zero-order valence-electron chi connectivity index (χ0n) is 15.3. The van der Waals surface area contributed by atoms with Gasteiger partial charge in [0.05, 0.1) is 5.56 Å². The number of piperazine rings is 1. The van der Waals surface area contributed by atoms with E-state index in [9.17, 15) is 4.79 Å². The molecule has 0 amide bonds. The van der Waals surface area contributed by atoms with Gasteiger partial charge in [-0.25, -0.2) is 4.79 Å². The number of hydrogen-bond acceptors (Lipinski definition) is 4. The molecule has 1 unspecified atom stereocenters. The van der Waals surface area contributed by atoms with Gasteiger partial charge in [-0.3, -0.25) is 4.90 Å². The van der Waals surface area contributed by atoms with Gasteiger partial charge in [-0.2, -0.15) is 0 Å². The second-order valence-electron chi connectivity index (χ2n) is 6.84. The molecule has 1 aliphatic rings. The Morgan fingerprint density at radius 3 is 2.31 bits per heavy atom. The lowest BCUT2D eigenvalue weighted by atomic mass is 10.1. The summed E-state index contributed by atoms with van der Waals surface area (Å²) >= 11 is 0. The third-order valence-electron chi connectivity index (χ3n) is 5.03. The van der Waals surface area contributed by atoms with Gasteiger partial charge in [0.2, 0.25) is 0 Å². The van der Waals surface area contributed by atoms with Crippen LogP contribution in [0.25, 0.3) is 0 Å². The molecule has 3 rings (SSSR count). The number of nitrogens with one attached hydrogen (secondary N) is 1. The third kappa shape index (κ3) is 4.84. The van der Waals surface area contributed by atoms with Crippen LogP contribution in [-0.2, 0) is 6.54 Å². The molecule has 1 saturated heterocycles. The number of nitrogens with zero attached hydrogens (tertiary/aromatic N) is 2. The number of hydrogen-bond donors (Lipinski definition) is 2. The summed E-state index contributed by atoms with van der Waals surface area (Å²) < 4.78 is 0. The molecule has 1 fully saturated rings. The van der Waals surface area contributed by atoms with Crippen LogP contribution in [0.1, 0.15) is 22.8 Å². The summed E-state index contributed by atoms with van der Waals surface area (Å²) in [6, 6.07) is 18.1. The van der Waals surface area contributed by atoms with Crippen molar-refractivity contribution < 1.29 is 9.90 Å². The molecule has 1 atom stereocenters. The highest BCUT2D eigenvalue weighted by molar-refractivity contribution is 5.87. The van der Waals surface area contributed by atoms with Crippen LogP contribution >= 0.6 is 0 Å². The minimum absolute atomic E-state index is 0.332. The predicted molar refractivity (Wildman–Crippen MR) is 105 cm³/mol. The summed E-state index contributed by atoms with van der Waals surface area (Å²) in [6.07, 6.45) is 0. The number of carboxylic acids is 1. The van der Waals surface area contributed by atoms with Crippen molar-refractivity contribution in [1.82, 2.24) is 10.2 Å². The quantitative estimate of drug-likeness (QED) is 0.802. The summed E-state index contributed by atoms with van der Waals surface area (Å²) in [5, 5.41) is 12.4. The van der Waals surface area contributed by atoms with E-state index in [1.165, 1.54) is 5.69 Å². The molecule has 138 valence electrons. The summed E-state index contributed by atoms with van der Waals surface area (Å²) in [4.78, 5) is 15.9. The first-order valence-corrected chi connectivity index (χ1v) is 9.20. The Morgan fingerprint density at radius 2 is 1.69 bits per heavy atom. The van der Waals surface area contributed by atoms with Crippen LogP contribution in [0.4, 0.5) is 5.69 Å². The number of carboxylic acid groups (broad SMARTS) is 1. The van der Waals surface area contributed by atoms with Gasteiger partial charge < -0.3 is 15.3 Å². The first kappa shape index (κ1) is 18.4. The van der Waals surface area contributed by atoms with Gasteiger partial charge in [0, 0.05) is 51.0 Å². The first-order valence-electron chi connectivity index (χ1n) is 9.20. The molecule has 0 spiro atoms. The van der Waals surface area contributed by atoms with Crippen molar-refractivity contribution in [2.75, 3.05) is 37.6 Å². The minimum atomic E-state index is -0.882. The highest BCUT2D eigenvalue weighted by Gasteiger charge is 2.20. The van der Waals surface area contributed by atoms with Crippen LogP contribution in [0.3, 0.4) is 0 Å². The van der Waals surface area contributed by atoms with Crippen molar-refractivity contribution in [2.24, 2.45) is 0 Å². The van der Waals surface area contributed by atoms with E-state index < -0.39 is 5.97 Å². The number of anilines is 1. The lowest BCUT2D eigenvalue weighted by Gasteiger charge is -2.39. The maximum Gasteiger partial charge on any atom is 0.335 e. The molecule has 2 N–H and O–H groups in total. The second kappa shape index (κ2) is 8.83. The molecule has 0 bridgehead atoms. The molecule has 0 radical (unpaired) electrons. The monoisotopic (exact) mass is 353 g/mol. The van der Waals surface area contributed by atoms with E-state index in [4.69, 9.17) is 5.11 Å². The molecule has 2 aromatic carbocycles. The molecular formula is C21H27N3O2. The molecule has 5 heteroatoms. The summed E-state index contributed by atoms with van der Waals surface area (Å²) in [5.74, 6) is -0.882. The second-order valence-corrected chi connectivity index (χ2v) is 6.84. The maximum atomic E-state index is 10.9. The Balaban J connectivity index is 1.40. The Bertz CT molecular complexity index is 695. The standard InChI is InChI=1S/C21H27N3O2/c1-17(15-22-16-18-7-9-19(10-8-18)21(25)26)23-11-13-24(14-12-23)20-5-3-2-4-6-20/h2-10,17,22H,11-16H2,1H3,(H,25,26). The van der Waals surface area contributed by atoms with Gasteiger partial charge in [-0.05, 0) is 36.8 Å². The number of carbonyl (C=O) groups is 1. The zero-order valence-corrected chi connectivity index (χ0v) is 15.3. The van der Waals surface area contributed by atoms with Crippen LogP contribution in [0.5, 0.6) is 0 Å². The zero-order chi connectivity index (χ0) is 18.4. The van der Waals surface area contributed by atoms with Crippen LogP contribution in [0, 0.1) is 0 Å². The fourth-order valence-corrected chi connectivity index (χ4v) is 3.38. The molecular weight excluding hydrogens is 326 g/mol. The average Bonchev–Trinajstić information content (AvgIpc) is 2.69. The van der Waals surface area contributed by atoms with E-state index in [-0.39, 0.29) is 0 Å². The lowest BCUT2D eigenvalue weighted by molar-refractivity contribution is 0.0697. The van der Waals surface area contributed by atoms with Crippen molar-refractivity contribution in [1.29, 1.82) is 0 Å². The van der Waals surface area contributed by atoms with E-state index in [0.29, 0.717) is 11.6 Å². The van der Waals surface area contributed by atoms with Crippen LogP contribution < -0.4 is 10.2 Å². The van der Waals surface area contributed by atoms with Crippen molar-refractivity contribution in [2.45, 2.75) is 19.5 Å². The molecule has 0 aromatic heterocycles.